The smallest absolute Gasteiger partial charge is 0.336 e. The van der Waals surface area contributed by atoms with Gasteiger partial charge in [0, 0.05) is 18.6 Å². The number of hydrogen-bond acceptors (Lipinski definition) is 5. The van der Waals surface area contributed by atoms with Crippen molar-refractivity contribution >= 4 is 16.8 Å². The lowest BCUT2D eigenvalue weighted by Crippen LogP contribution is -2.09. The third-order valence-corrected chi connectivity index (χ3v) is 2.65. The summed E-state index contributed by atoms with van der Waals surface area (Å²) in [4.78, 5) is 23.2. The summed E-state index contributed by atoms with van der Waals surface area (Å²) < 4.78 is 9.77. The van der Waals surface area contributed by atoms with E-state index < -0.39 is 11.4 Å². The molecule has 0 amide bonds. The third-order valence-electron chi connectivity index (χ3n) is 2.65. The highest BCUT2D eigenvalue weighted by Crippen LogP contribution is 2.28. The fourth-order valence-electron chi connectivity index (χ4n) is 1.85. The average Bonchev–Trinajstić information content (AvgIpc) is 2.28. The molecule has 1 heterocycles. The van der Waals surface area contributed by atoms with Gasteiger partial charge in [0.15, 0.2) is 11.4 Å². The summed E-state index contributed by atoms with van der Waals surface area (Å²) in [5.41, 5.74) is 0.210. The molecule has 0 radical (unpaired) electrons. The fraction of sp³-hybridized carbons (Fsp3) is 0.231. The van der Waals surface area contributed by atoms with Crippen LogP contribution >= 0.6 is 0 Å². The molecule has 0 aliphatic carbocycles. The number of ether oxygens (including phenoxy) is 1. The first-order valence-electron chi connectivity index (χ1n) is 5.33. The Balaban J connectivity index is 2.82. The molecule has 1 N–H and O–H groups in total. The molecule has 0 unspecified atom stereocenters. The molecule has 0 bridgehead atoms. The molecule has 0 saturated heterocycles. The molecule has 0 aliphatic heterocycles. The minimum absolute atomic E-state index is 0.0184. The minimum Gasteiger partial charge on any atom is -0.507 e. The van der Waals surface area contributed by atoms with Gasteiger partial charge in [-0.05, 0) is 24.6 Å². The summed E-state index contributed by atoms with van der Waals surface area (Å²) in [7, 11) is 1.38. The number of carbonyl (C=O) groups excluding carboxylic acids is 1. The lowest BCUT2D eigenvalue weighted by molar-refractivity contribution is 0.0846. The van der Waals surface area contributed by atoms with Gasteiger partial charge in [0.25, 0.3) is 0 Å². The predicted molar refractivity (Wildman–Crippen MR) is 65.1 cm³/mol. The van der Waals surface area contributed by atoms with Gasteiger partial charge < -0.3 is 14.3 Å². The van der Waals surface area contributed by atoms with Crippen LogP contribution in [-0.4, -0.2) is 24.6 Å². The largest absolute Gasteiger partial charge is 0.507 e. The number of carbonyl (C=O) groups is 1. The van der Waals surface area contributed by atoms with Crippen LogP contribution in [0.25, 0.3) is 11.0 Å². The van der Waals surface area contributed by atoms with E-state index in [1.807, 2.05) is 0 Å². The molecule has 0 aliphatic rings. The van der Waals surface area contributed by atoms with Crippen molar-refractivity contribution in [2.24, 2.45) is 0 Å². The number of benzene rings is 1. The maximum atomic E-state index is 11.9. The van der Waals surface area contributed by atoms with Crippen molar-refractivity contribution in [3.8, 4) is 5.75 Å². The van der Waals surface area contributed by atoms with Crippen molar-refractivity contribution in [3.63, 3.8) is 0 Å². The van der Waals surface area contributed by atoms with Crippen LogP contribution in [-0.2, 0) is 4.74 Å². The summed E-state index contributed by atoms with van der Waals surface area (Å²) in [6.45, 7) is 1.55. The topological polar surface area (TPSA) is 76.7 Å². The van der Waals surface area contributed by atoms with Crippen LogP contribution in [0, 0.1) is 6.92 Å². The second-order valence-electron chi connectivity index (χ2n) is 3.94. The van der Waals surface area contributed by atoms with Gasteiger partial charge in [-0.15, -0.1) is 0 Å². The molecule has 2 rings (SSSR count). The highest BCUT2D eigenvalue weighted by atomic mass is 16.5. The van der Waals surface area contributed by atoms with Crippen LogP contribution < -0.4 is 5.63 Å². The minimum atomic E-state index is -0.558. The zero-order valence-corrected chi connectivity index (χ0v) is 10.0. The van der Waals surface area contributed by atoms with E-state index in [1.165, 1.54) is 19.2 Å². The maximum absolute atomic E-state index is 11.9. The quantitative estimate of drug-likeness (QED) is 0.660. The van der Waals surface area contributed by atoms with Crippen molar-refractivity contribution in [2.75, 3.05) is 13.7 Å². The SMILES string of the molecule is COCC(=O)c1c(O)ccc2c(C)cc(=O)oc12. The highest BCUT2D eigenvalue weighted by Gasteiger charge is 2.18. The molecule has 0 atom stereocenters. The third kappa shape index (κ3) is 2.00. The summed E-state index contributed by atoms with van der Waals surface area (Å²) in [5.74, 6) is -0.660. The average molecular weight is 248 g/mol. The number of fused-ring (bicyclic) bond motifs is 1. The van der Waals surface area contributed by atoms with Crippen LogP contribution in [0.4, 0.5) is 0 Å². The number of phenols is 1. The maximum Gasteiger partial charge on any atom is 0.336 e. The van der Waals surface area contributed by atoms with Crippen LogP contribution in [0.2, 0.25) is 0 Å². The van der Waals surface area contributed by atoms with Gasteiger partial charge in [-0.3, -0.25) is 4.79 Å². The van der Waals surface area contributed by atoms with Crippen molar-refractivity contribution < 1.29 is 19.1 Å². The first-order valence-corrected chi connectivity index (χ1v) is 5.33. The van der Waals surface area contributed by atoms with Crippen LogP contribution in [0.5, 0.6) is 5.75 Å². The normalized spacial score (nSPS) is 10.8. The molecule has 0 fully saturated rings. The number of aryl methyl sites for hydroxylation is 1. The van der Waals surface area contributed by atoms with Gasteiger partial charge in [0.05, 0.1) is 0 Å². The Morgan fingerprint density at radius 3 is 2.83 bits per heavy atom. The van der Waals surface area contributed by atoms with E-state index in [4.69, 9.17) is 9.15 Å². The van der Waals surface area contributed by atoms with Gasteiger partial charge >= 0.3 is 5.63 Å². The molecule has 1 aromatic carbocycles. The highest BCUT2D eigenvalue weighted by molar-refractivity contribution is 6.09. The van der Waals surface area contributed by atoms with E-state index in [2.05, 4.69) is 0 Å². The molecule has 94 valence electrons. The number of hydrogen-bond donors (Lipinski definition) is 1. The first-order chi connectivity index (χ1) is 8.54. The molecule has 1 aromatic heterocycles. The Hall–Kier alpha value is -2.14. The van der Waals surface area contributed by atoms with Crippen LogP contribution in [0.15, 0.2) is 27.4 Å². The van der Waals surface area contributed by atoms with Crippen LogP contribution in [0.3, 0.4) is 0 Å². The lowest BCUT2D eigenvalue weighted by atomic mass is 10.0. The molecule has 2 aromatic rings. The number of rotatable bonds is 3. The van der Waals surface area contributed by atoms with E-state index in [1.54, 1.807) is 13.0 Å². The number of phenolic OH excluding ortho intramolecular Hbond substituents is 1. The predicted octanol–water partition coefficient (Wildman–Crippen LogP) is 1.64. The van der Waals surface area contributed by atoms with E-state index in [0.717, 1.165) is 0 Å². The van der Waals surface area contributed by atoms with Gasteiger partial charge in [-0.25, -0.2) is 4.79 Å². The van der Waals surface area contributed by atoms with Crippen molar-refractivity contribution in [1.82, 2.24) is 0 Å². The zero-order chi connectivity index (χ0) is 13.3. The standard InChI is InChI=1S/C13H12O5/c1-7-5-11(16)18-13-8(7)3-4-9(14)12(13)10(15)6-17-2/h3-5,14H,6H2,1-2H3. The van der Waals surface area contributed by atoms with E-state index >= 15 is 0 Å². The Labute approximate surface area is 103 Å². The van der Waals surface area contributed by atoms with Gasteiger partial charge in [-0.1, -0.05) is 0 Å². The van der Waals surface area contributed by atoms with Crippen molar-refractivity contribution in [3.05, 3.63) is 39.7 Å². The Kier molecular flexibility index (Phi) is 3.16. The van der Waals surface area contributed by atoms with Gasteiger partial charge in [0.2, 0.25) is 0 Å². The number of ketones is 1. The van der Waals surface area contributed by atoms with Crippen molar-refractivity contribution in [1.29, 1.82) is 0 Å². The molecule has 5 nitrogen and oxygen atoms in total. The molecular formula is C13H12O5. The summed E-state index contributed by atoms with van der Waals surface area (Å²) in [6, 6.07) is 4.34. The second kappa shape index (κ2) is 4.62. The number of methoxy groups -OCH3 is 1. The Morgan fingerprint density at radius 1 is 1.44 bits per heavy atom. The molecule has 0 saturated carbocycles. The van der Waals surface area contributed by atoms with Gasteiger partial charge in [-0.2, -0.15) is 0 Å². The molecular weight excluding hydrogens is 236 g/mol. The molecule has 18 heavy (non-hydrogen) atoms. The second-order valence-corrected chi connectivity index (χ2v) is 3.94. The van der Waals surface area contributed by atoms with Crippen molar-refractivity contribution in [2.45, 2.75) is 6.92 Å². The van der Waals surface area contributed by atoms with E-state index in [-0.39, 0.29) is 23.5 Å². The summed E-state index contributed by atoms with van der Waals surface area (Å²) >= 11 is 0. The molecule has 0 spiro atoms. The number of Topliss-reactive ketones (excluding diaryl/α,β-unsaturated/α-hetero) is 1. The first kappa shape index (κ1) is 12.3. The monoisotopic (exact) mass is 248 g/mol. The Morgan fingerprint density at radius 2 is 2.17 bits per heavy atom. The Bertz CT molecular complexity index is 669. The summed E-state index contributed by atoms with van der Waals surface area (Å²) in [5, 5.41) is 10.4. The molecule has 5 heteroatoms. The van der Waals surface area contributed by atoms with Crippen LogP contribution in [0.1, 0.15) is 15.9 Å². The van der Waals surface area contributed by atoms with E-state index in [9.17, 15) is 14.7 Å². The number of aromatic hydroxyl groups is 1. The zero-order valence-electron chi connectivity index (χ0n) is 10.0. The lowest BCUT2D eigenvalue weighted by Gasteiger charge is -2.07. The van der Waals surface area contributed by atoms with E-state index in [0.29, 0.717) is 10.9 Å². The van der Waals surface area contributed by atoms with Gasteiger partial charge in [0.1, 0.15) is 17.9 Å². The summed E-state index contributed by atoms with van der Waals surface area (Å²) in [6.07, 6.45) is 0. The fourth-order valence-corrected chi connectivity index (χ4v) is 1.85.